The molecule has 5 heteroatoms. The summed E-state index contributed by atoms with van der Waals surface area (Å²) in [4.78, 5) is 12.3. The normalized spacial score (nSPS) is 19.5. The van der Waals surface area contributed by atoms with Gasteiger partial charge in [0.25, 0.3) is 6.71 Å². The lowest BCUT2D eigenvalue weighted by Crippen LogP contribution is -2.39. The zero-order chi connectivity index (χ0) is 13.5. The number of hydrogen-bond acceptors (Lipinski definition) is 3. The van der Waals surface area contributed by atoms with Gasteiger partial charge in [-0.1, -0.05) is 12.6 Å². The van der Waals surface area contributed by atoms with Crippen molar-refractivity contribution in [2.45, 2.75) is 30.9 Å². The summed E-state index contributed by atoms with van der Waals surface area (Å²) in [5.74, 6) is 2.31. The molecule has 1 saturated heterocycles. The van der Waals surface area contributed by atoms with Crippen molar-refractivity contribution >= 4 is 18.3 Å². The number of anilines is 1. The third-order valence-corrected chi connectivity index (χ3v) is 4.37. The van der Waals surface area contributed by atoms with Crippen LogP contribution in [0.1, 0.15) is 24.0 Å². The number of nitriles is 2. The van der Waals surface area contributed by atoms with Crippen LogP contribution in [0.4, 0.5) is 5.69 Å². The highest BCUT2D eigenvalue weighted by Gasteiger charge is 2.49. The highest BCUT2D eigenvalue weighted by Crippen LogP contribution is 2.47. The molecule has 0 saturated carbocycles. The first kappa shape index (κ1) is 11.8. The minimum absolute atomic E-state index is 0.0222. The maximum Gasteiger partial charge on any atom is 0.267 e. The first-order chi connectivity index (χ1) is 9.19. The molecule has 2 aliphatic rings. The molecular weight excluding hydrogens is 237 g/mol. The highest BCUT2D eigenvalue weighted by atomic mass is 16.2. The molecular formula is C14H12BN3O. The van der Waals surface area contributed by atoms with Crippen molar-refractivity contribution in [2.24, 2.45) is 0 Å². The Morgan fingerprint density at radius 3 is 2.63 bits per heavy atom. The Hall–Kier alpha value is -2.27. The number of nitrogens with one attached hydrogen (secondary N) is 1. The third-order valence-electron chi connectivity index (χ3n) is 4.37. The molecule has 1 spiro atoms. The summed E-state index contributed by atoms with van der Waals surface area (Å²) in [6.45, 7) is 0.0571. The molecule has 0 aromatic heterocycles. The SMILES string of the molecule is N#CB1CCC2(CC1)C(=O)Nc1ccc(C#N)cc12. The molecule has 1 aromatic carbocycles. The van der Waals surface area contributed by atoms with Gasteiger partial charge < -0.3 is 5.32 Å². The minimum Gasteiger partial charge on any atom is -0.325 e. The molecule has 3 rings (SSSR count). The monoisotopic (exact) mass is 249 g/mol. The first-order valence-corrected chi connectivity index (χ1v) is 6.45. The molecule has 1 N–H and O–H groups in total. The maximum absolute atomic E-state index is 12.3. The fourth-order valence-corrected chi connectivity index (χ4v) is 3.22. The van der Waals surface area contributed by atoms with E-state index in [9.17, 15) is 4.79 Å². The molecule has 0 aliphatic carbocycles. The Bertz CT molecular complexity index is 633. The average Bonchev–Trinajstić information content (AvgIpc) is 2.72. The van der Waals surface area contributed by atoms with E-state index in [0.717, 1.165) is 23.9 Å². The summed E-state index contributed by atoms with van der Waals surface area (Å²) in [7, 11) is 0. The van der Waals surface area contributed by atoms with Crippen molar-refractivity contribution in [3.63, 3.8) is 0 Å². The van der Waals surface area contributed by atoms with E-state index < -0.39 is 5.41 Å². The summed E-state index contributed by atoms with van der Waals surface area (Å²) in [6, 6.07) is 7.47. The van der Waals surface area contributed by atoms with E-state index in [1.54, 1.807) is 12.1 Å². The Morgan fingerprint density at radius 2 is 2.00 bits per heavy atom. The van der Waals surface area contributed by atoms with Gasteiger partial charge in [-0.05, 0) is 36.6 Å². The van der Waals surface area contributed by atoms with Crippen LogP contribution < -0.4 is 5.32 Å². The summed E-state index contributed by atoms with van der Waals surface area (Å²) in [5.41, 5.74) is 1.82. The molecule has 2 heterocycles. The van der Waals surface area contributed by atoms with Crippen LogP contribution in [0.2, 0.25) is 12.6 Å². The lowest BCUT2D eigenvalue weighted by Gasteiger charge is -2.32. The molecule has 0 unspecified atom stereocenters. The summed E-state index contributed by atoms with van der Waals surface area (Å²) in [6.07, 6.45) is 2.89. The zero-order valence-electron chi connectivity index (χ0n) is 10.4. The molecule has 0 atom stereocenters. The predicted molar refractivity (Wildman–Crippen MR) is 71.7 cm³/mol. The fraction of sp³-hybridized carbons (Fsp3) is 0.357. The van der Waals surface area contributed by atoms with Crippen molar-refractivity contribution in [1.82, 2.24) is 0 Å². The Kier molecular flexibility index (Phi) is 2.57. The van der Waals surface area contributed by atoms with Crippen LogP contribution >= 0.6 is 0 Å². The van der Waals surface area contributed by atoms with Crippen molar-refractivity contribution in [3.05, 3.63) is 29.3 Å². The molecule has 92 valence electrons. The van der Waals surface area contributed by atoms with Crippen LogP contribution in [-0.4, -0.2) is 12.6 Å². The van der Waals surface area contributed by atoms with Gasteiger partial charge in [0.1, 0.15) is 0 Å². The molecule has 0 bridgehead atoms. The number of amides is 1. The molecule has 1 amide bonds. The lowest BCUT2D eigenvalue weighted by atomic mass is 9.39. The van der Waals surface area contributed by atoms with Crippen LogP contribution in [0.25, 0.3) is 0 Å². The van der Waals surface area contributed by atoms with E-state index >= 15 is 0 Å². The van der Waals surface area contributed by atoms with Gasteiger partial charge in [0, 0.05) is 11.7 Å². The van der Waals surface area contributed by atoms with Crippen LogP contribution in [0.5, 0.6) is 0 Å². The number of carbonyl (C=O) groups is 1. The topological polar surface area (TPSA) is 76.7 Å². The van der Waals surface area contributed by atoms with Crippen molar-refractivity contribution in [1.29, 1.82) is 10.5 Å². The number of fused-ring (bicyclic) bond motifs is 2. The first-order valence-electron chi connectivity index (χ1n) is 6.45. The smallest absolute Gasteiger partial charge is 0.267 e. The van der Waals surface area contributed by atoms with E-state index in [1.807, 2.05) is 6.07 Å². The summed E-state index contributed by atoms with van der Waals surface area (Å²) < 4.78 is 0. The van der Waals surface area contributed by atoms with Gasteiger partial charge in [-0.2, -0.15) is 5.26 Å². The van der Waals surface area contributed by atoms with E-state index in [0.29, 0.717) is 18.4 Å². The van der Waals surface area contributed by atoms with E-state index in [1.165, 1.54) is 0 Å². The maximum atomic E-state index is 12.3. The predicted octanol–water partition coefficient (Wildman–Crippen LogP) is 2.10. The average molecular weight is 249 g/mol. The molecule has 1 fully saturated rings. The van der Waals surface area contributed by atoms with Crippen molar-refractivity contribution < 1.29 is 4.79 Å². The second-order valence-electron chi connectivity index (χ2n) is 5.31. The molecule has 1 aromatic rings. The molecule has 0 radical (unpaired) electrons. The van der Waals surface area contributed by atoms with E-state index in [-0.39, 0.29) is 12.6 Å². The van der Waals surface area contributed by atoms with Gasteiger partial charge >= 0.3 is 0 Å². The van der Waals surface area contributed by atoms with Gasteiger partial charge in [-0.3, -0.25) is 4.79 Å². The van der Waals surface area contributed by atoms with Crippen LogP contribution in [-0.2, 0) is 10.2 Å². The number of carbonyl (C=O) groups excluding carboxylic acids is 1. The second kappa shape index (κ2) is 4.14. The van der Waals surface area contributed by atoms with Crippen LogP contribution in [0.3, 0.4) is 0 Å². The Balaban J connectivity index is 2.03. The Morgan fingerprint density at radius 1 is 1.26 bits per heavy atom. The van der Waals surface area contributed by atoms with Crippen LogP contribution in [0.15, 0.2) is 18.2 Å². The van der Waals surface area contributed by atoms with Gasteiger partial charge in [0.05, 0.1) is 17.0 Å². The standard InChI is InChI=1S/C14H12BN3O/c16-8-10-1-2-12-11(7-10)14(13(19)18-12)3-5-15(9-17)6-4-14/h1-2,7H,3-6H2,(H,18,19). The summed E-state index contributed by atoms with van der Waals surface area (Å²) >= 11 is 0. The fourth-order valence-electron chi connectivity index (χ4n) is 3.22. The molecule has 2 aliphatic heterocycles. The number of benzene rings is 1. The van der Waals surface area contributed by atoms with Gasteiger partial charge in [0.15, 0.2) is 0 Å². The van der Waals surface area contributed by atoms with Crippen molar-refractivity contribution in [3.8, 4) is 12.0 Å². The van der Waals surface area contributed by atoms with Crippen LogP contribution in [0, 0.1) is 22.6 Å². The third kappa shape index (κ3) is 1.63. The summed E-state index contributed by atoms with van der Waals surface area (Å²) in [5, 5.41) is 20.9. The Labute approximate surface area is 112 Å². The molecule has 19 heavy (non-hydrogen) atoms. The largest absolute Gasteiger partial charge is 0.325 e. The highest BCUT2D eigenvalue weighted by molar-refractivity contribution is 6.67. The zero-order valence-corrected chi connectivity index (χ0v) is 10.4. The number of hydrogen-bond donors (Lipinski definition) is 1. The number of nitrogens with zero attached hydrogens (tertiary/aromatic N) is 2. The van der Waals surface area contributed by atoms with E-state index in [2.05, 4.69) is 17.4 Å². The second-order valence-corrected chi connectivity index (χ2v) is 5.31. The minimum atomic E-state index is -0.518. The van der Waals surface area contributed by atoms with Crippen molar-refractivity contribution in [2.75, 3.05) is 5.32 Å². The van der Waals surface area contributed by atoms with Gasteiger partial charge in [0.2, 0.25) is 5.91 Å². The number of rotatable bonds is 0. The quantitative estimate of drug-likeness (QED) is 0.715. The lowest BCUT2D eigenvalue weighted by molar-refractivity contribution is -0.121. The van der Waals surface area contributed by atoms with E-state index in [4.69, 9.17) is 10.5 Å². The van der Waals surface area contributed by atoms with Gasteiger partial charge in [-0.25, -0.2) is 5.26 Å². The molecule has 4 nitrogen and oxygen atoms in total. The van der Waals surface area contributed by atoms with Gasteiger partial charge in [-0.15, -0.1) is 0 Å².